The quantitative estimate of drug-likeness (QED) is 0.731. The van der Waals surface area contributed by atoms with Gasteiger partial charge in [-0.2, -0.15) is 0 Å². The van der Waals surface area contributed by atoms with Gasteiger partial charge in [0.1, 0.15) is 0 Å². The Bertz CT molecular complexity index is 362. The summed E-state index contributed by atoms with van der Waals surface area (Å²) in [6.07, 6.45) is 2.21. The molecule has 0 aromatic carbocycles. The maximum absolute atomic E-state index is 11.6. The number of carbonyl (C=O) groups is 1. The van der Waals surface area contributed by atoms with Crippen molar-refractivity contribution in [2.75, 3.05) is 0 Å². The second kappa shape index (κ2) is 4.18. The van der Waals surface area contributed by atoms with Crippen molar-refractivity contribution in [3.05, 3.63) is 0 Å². The summed E-state index contributed by atoms with van der Waals surface area (Å²) in [6.45, 7) is 1.86. The third kappa shape index (κ3) is 2.68. The van der Waals surface area contributed by atoms with E-state index in [0.717, 1.165) is 12.8 Å². The fourth-order valence-electron chi connectivity index (χ4n) is 1.08. The van der Waals surface area contributed by atoms with E-state index in [1.165, 1.54) is 11.8 Å². The highest BCUT2D eigenvalue weighted by Crippen LogP contribution is 2.22. The van der Waals surface area contributed by atoms with E-state index >= 15 is 0 Å². The van der Waals surface area contributed by atoms with Crippen molar-refractivity contribution in [1.82, 2.24) is 25.5 Å². The molecule has 0 spiro atoms. The molecule has 1 aromatic rings. The predicted molar refractivity (Wildman–Crippen MR) is 55.3 cm³/mol. The highest BCUT2D eigenvalue weighted by Gasteiger charge is 2.26. The molecule has 0 saturated heterocycles. The molecule has 1 N–H and O–H groups in total. The van der Waals surface area contributed by atoms with Crippen molar-refractivity contribution in [1.29, 1.82) is 0 Å². The fraction of sp³-hybridized carbons (Fsp3) is 0.750. The monoisotopic (exact) mass is 227 g/mol. The van der Waals surface area contributed by atoms with Crippen molar-refractivity contribution in [3.8, 4) is 0 Å². The summed E-state index contributed by atoms with van der Waals surface area (Å²) in [6, 6.07) is 0.401. The zero-order valence-electron chi connectivity index (χ0n) is 8.67. The average Bonchev–Trinajstić information content (AvgIpc) is 2.92. The van der Waals surface area contributed by atoms with Crippen LogP contribution >= 0.6 is 11.8 Å². The van der Waals surface area contributed by atoms with Crippen LogP contribution in [0.4, 0.5) is 0 Å². The zero-order valence-corrected chi connectivity index (χ0v) is 9.49. The van der Waals surface area contributed by atoms with Crippen LogP contribution < -0.4 is 5.32 Å². The van der Waals surface area contributed by atoms with Gasteiger partial charge in [0.25, 0.3) is 0 Å². The van der Waals surface area contributed by atoms with Crippen LogP contribution in [0.2, 0.25) is 0 Å². The lowest BCUT2D eigenvalue weighted by molar-refractivity contribution is -0.120. The van der Waals surface area contributed by atoms with E-state index in [4.69, 9.17) is 0 Å². The van der Waals surface area contributed by atoms with Crippen molar-refractivity contribution in [2.24, 2.45) is 7.05 Å². The van der Waals surface area contributed by atoms with Crippen molar-refractivity contribution in [2.45, 2.75) is 36.2 Å². The molecule has 2 rings (SSSR count). The van der Waals surface area contributed by atoms with Crippen LogP contribution in [0.25, 0.3) is 0 Å². The SMILES string of the molecule is C[C@H](Sc1nnnn1C)C(=O)NC1CC1. The molecule has 0 aliphatic heterocycles. The summed E-state index contributed by atoms with van der Waals surface area (Å²) in [5, 5.41) is 14.5. The molecule has 1 aromatic heterocycles. The van der Waals surface area contributed by atoms with E-state index in [0.29, 0.717) is 11.2 Å². The second-order valence-corrected chi connectivity index (χ2v) is 4.94. The maximum Gasteiger partial charge on any atom is 0.233 e. The lowest BCUT2D eigenvalue weighted by Gasteiger charge is -2.09. The minimum absolute atomic E-state index is 0.0606. The summed E-state index contributed by atoms with van der Waals surface area (Å²) < 4.78 is 1.56. The summed E-state index contributed by atoms with van der Waals surface area (Å²) in [7, 11) is 1.76. The predicted octanol–water partition coefficient (Wildman–Crippen LogP) is -0.0307. The molecule has 1 amide bonds. The van der Waals surface area contributed by atoms with Gasteiger partial charge in [0, 0.05) is 13.1 Å². The third-order valence-electron chi connectivity index (χ3n) is 2.16. The highest BCUT2D eigenvalue weighted by molar-refractivity contribution is 8.00. The minimum Gasteiger partial charge on any atom is -0.352 e. The minimum atomic E-state index is -0.157. The first-order valence-electron chi connectivity index (χ1n) is 4.86. The Labute approximate surface area is 91.8 Å². The number of thioether (sulfide) groups is 1. The molecule has 0 radical (unpaired) electrons. The number of nitrogens with one attached hydrogen (secondary N) is 1. The molecule has 1 fully saturated rings. The number of nitrogens with zero attached hydrogens (tertiary/aromatic N) is 4. The molecule has 0 unspecified atom stereocenters. The number of tetrazole rings is 1. The standard InChI is InChI=1S/C8H13N5OS/c1-5(7(14)9-6-3-4-6)15-8-10-11-12-13(8)2/h5-6H,3-4H2,1-2H3,(H,9,14)/t5-/m0/s1. The van der Waals surface area contributed by atoms with Gasteiger partial charge in [-0.05, 0) is 30.2 Å². The summed E-state index contributed by atoms with van der Waals surface area (Å²) in [4.78, 5) is 11.6. The number of aryl methyl sites for hydroxylation is 1. The molecule has 1 aliphatic rings. The van der Waals surface area contributed by atoms with Gasteiger partial charge in [0.2, 0.25) is 11.1 Å². The Morgan fingerprint density at radius 3 is 2.93 bits per heavy atom. The normalized spacial score (nSPS) is 17.5. The average molecular weight is 227 g/mol. The Kier molecular flexibility index (Phi) is 2.90. The topological polar surface area (TPSA) is 72.7 Å². The molecule has 1 aliphatic carbocycles. The summed E-state index contributed by atoms with van der Waals surface area (Å²) in [5.74, 6) is 0.0606. The van der Waals surface area contributed by atoms with Gasteiger partial charge < -0.3 is 5.32 Å². The number of carbonyl (C=O) groups excluding carboxylic acids is 1. The first-order valence-corrected chi connectivity index (χ1v) is 5.74. The number of rotatable bonds is 4. The Hall–Kier alpha value is -1.11. The molecule has 1 heterocycles. The van der Waals surface area contributed by atoms with Gasteiger partial charge in [0.05, 0.1) is 5.25 Å². The maximum atomic E-state index is 11.6. The van der Waals surface area contributed by atoms with Crippen molar-refractivity contribution < 1.29 is 4.79 Å². The van der Waals surface area contributed by atoms with Crippen LogP contribution in [0.5, 0.6) is 0 Å². The van der Waals surface area contributed by atoms with Crippen LogP contribution in [0.1, 0.15) is 19.8 Å². The highest BCUT2D eigenvalue weighted by atomic mass is 32.2. The molecule has 1 saturated carbocycles. The van der Waals surface area contributed by atoms with Crippen LogP contribution in [-0.4, -0.2) is 37.4 Å². The Morgan fingerprint density at radius 1 is 1.67 bits per heavy atom. The number of aromatic nitrogens is 4. The molecule has 1 atom stereocenters. The van der Waals surface area contributed by atoms with E-state index in [9.17, 15) is 4.79 Å². The lowest BCUT2D eigenvalue weighted by atomic mass is 10.4. The first-order chi connectivity index (χ1) is 7.16. The van der Waals surface area contributed by atoms with Crippen molar-refractivity contribution in [3.63, 3.8) is 0 Å². The van der Waals surface area contributed by atoms with Gasteiger partial charge in [-0.15, -0.1) is 5.10 Å². The van der Waals surface area contributed by atoms with E-state index in [1.807, 2.05) is 6.92 Å². The first kappa shape index (κ1) is 10.4. The van der Waals surface area contributed by atoms with Crippen LogP contribution in [0.15, 0.2) is 5.16 Å². The van der Waals surface area contributed by atoms with E-state index in [2.05, 4.69) is 20.8 Å². The van der Waals surface area contributed by atoms with Gasteiger partial charge in [0.15, 0.2) is 0 Å². The largest absolute Gasteiger partial charge is 0.352 e. The molecule has 7 heteroatoms. The van der Waals surface area contributed by atoms with Crippen LogP contribution in [0.3, 0.4) is 0 Å². The molecule has 82 valence electrons. The van der Waals surface area contributed by atoms with E-state index < -0.39 is 0 Å². The second-order valence-electron chi connectivity index (χ2n) is 3.63. The smallest absolute Gasteiger partial charge is 0.233 e. The fourth-order valence-corrected chi connectivity index (χ4v) is 1.84. The molecule has 0 bridgehead atoms. The van der Waals surface area contributed by atoms with E-state index in [-0.39, 0.29) is 11.2 Å². The number of amides is 1. The van der Waals surface area contributed by atoms with Gasteiger partial charge in [-0.25, -0.2) is 4.68 Å². The van der Waals surface area contributed by atoms with Gasteiger partial charge in [-0.1, -0.05) is 11.8 Å². The Balaban J connectivity index is 1.87. The molecular formula is C8H13N5OS. The zero-order chi connectivity index (χ0) is 10.8. The molecular weight excluding hydrogens is 214 g/mol. The lowest BCUT2D eigenvalue weighted by Crippen LogP contribution is -2.32. The molecule has 6 nitrogen and oxygen atoms in total. The Morgan fingerprint density at radius 2 is 2.40 bits per heavy atom. The van der Waals surface area contributed by atoms with Crippen LogP contribution in [-0.2, 0) is 11.8 Å². The van der Waals surface area contributed by atoms with Crippen molar-refractivity contribution >= 4 is 17.7 Å². The van der Waals surface area contributed by atoms with Gasteiger partial charge >= 0.3 is 0 Å². The number of hydrogen-bond donors (Lipinski definition) is 1. The van der Waals surface area contributed by atoms with E-state index in [1.54, 1.807) is 11.7 Å². The number of hydrogen-bond acceptors (Lipinski definition) is 5. The molecule has 15 heavy (non-hydrogen) atoms. The van der Waals surface area contributed by atoms with Gasteiger partial charge in [-0.3, -0.25) is 4.79 Å². The summed E-state index contributed by atoms with van der Waals surface area (Å²) >= 11 is 1.37. The summed E-state index contributed by atoms with van der Waals surface area (Å²) in [5.41, 5.74) is 0. The van der Waals surface area contributed by atoms with Crippen LogP contribution in [0, 0.1) is 0 Å². The third-order valence-corrected chi connectivity index (χ3v) is 3.28.